The third kappa shape index (κ3) is 2.79. The van der Waals surface area contributed by atoms with Gasteiger partial charge in [-0.3, -0.25) is 4.98 Å². The predicted molar refractivity (Wildman–Crippen MR) is 80.4 cm³/mol. The molecule has 1 aromatic heterocycles. The van der Waals surface area contributed by atoms with Crippen molar-refractivity contribution in [1.29, 1.82) is 0 Å². The number of nitrogens with one attached hydrogen (secondary N) is 1. The first-order valence-corrected chi connectivity index (χ1v) is 7.23. The Labute approximate surface area is 115 Å². The molecule has 0 saturated heterocycles. The van der Waals surface area contributed by atoms with Crippen LogP contribution in [0.3, 0.4) is 0 Å². The van der Waals surface area contributed by atoms with Crippen LogP contribution in [0.4, 0.5) is 0 Å². The zero-order valence-electron chi connectivity index (χ0n) is 11.8. The quantitative estimate of drug-likeness (QED) is 0.881. The first-order chi connectivity index (χ1) is 9.17. The van der Waals surface area contributed by atoms with Crippen LogP contribution < -0.4 is 5.32 Å². The Bertz CT molecular complexity index is 565. The molecule has 1 aliphatic rings. The summed E-state index contributed by atoms with van der Waals surface area (Å²) in [5.74, 6) is 0. The average molecular weight is 254 g/mol. The molecule has 0 unspecified atom stereocenters. The first-order valence-electron chi connectivity index (χ1n) is 7.23. The lowest BCUT2D eigenvalue weighted by atomic mass is 9.79. The highest BCUT2D eigenvalue weighted by Gasteiger charge is 2.25. The summed E-state index contributed by atoms with van der Waals surface area (Å²) >= 11 is 0. The number of hydrogen-bond acceptors (Lipinski definition) is 2. The second-order valence-corrected chi connectivity index (χ2v) is 6.26. The minimum atomic E-state index is 0.185. The Morgan fingerprint density at radius 1 is 1.26 bits per heavy atom. The zero-order chi connectivity index (χ0) is 13.3. The van der Waals surface area contributed by atoms with Crippen molar-refractivity contribution in [2.75, 3.05) is 6.54 Å². The van der Waals surface area contributed by atoms with E-state index < -0.39 is 0 Å². The maximum Gasteiger partial charge on any atom is 0.0349 e. The third-order valence-electron chi connectivity index (χ3n) is 4.17. The Balaban J connectivity index is 1.84. The lowest BCUT2D eigenvalue weighted by Crippen LogP contribution is -2.26. The lowest BCUT2D eigenvalue weighted by Gasteiger charge is -2.27. The minimum absolute atomic E-state index is 0.185. The van der Waals surface area contributed by atoms with Crippen molar-refractivity contribution in [3.63, 3.8) is 0 Å². The summed E-state index contributed by atoms with van der Waals surface area (Å²) < 4.78 is 0. The van der Waals surface area contributed by atoms with E-state index in [2.05, 4.69) is 48.4 Å². The van der Waals surface area contributed by atoms with Gasteiger partial charge >= 0.3 is 0 Å². The number of aromatic nitrogens is 1. The number of nitrogens with zero attached hydrogens (tertiary/aromatic N) is 1. The first kappa shape index (κ1) is 12.6. The molecule has 1 fully saturated rings. The summed E-state index contributed by atoms with van der Waals surface area (Å²) in [7, 11) is 0. The maximum absolute atomic E-state index is 4.29. The molecule has 0 bridgehead atoms. The van der Waals surface area contributed by atoms with E-state index >= 15 is 0 Å². The molecule has 1 heterocycles. The van der Waals surface area contributed by atoms with Crippen LogP contribution in [0.1, 0.15) is 38.7 Å². The van der Waals surface area contributed by atoms with E-state index in [-0.39, 0.29) is 5.41 Å². The Kier molecular flexibility index (Phi) is 3.28. The molecule has 19 heavy (non-hydrogen) atoms. The van der Waals surface area contributed by atoms with Crippen LogP contribution in [0, 0.1) is 0 Å². The van der Waals surface area contributed by atoms with Crippen LogP contribution in [0.2, 0.25) is 0 Å². The Hall–Kier alpha value is -1.41. The van der Waals surface area contributed by atoms with E-state index in [4.69, 9.17) is 0 Å². The van der Waals surface area contributed by atoms with Crippen LogP contribution >= 0.6 is 0 Å². The molecule has 0 aliphatic heterocycles. The Morgan fingerprint density at radius 3 is 2.89 bits per heavy atom. The fourth-order valence-corrected chi connectivity index (χ4v) is 2.71. The van der Waals surface area contributed by atoms with Gasteiger partial charge < -0.3 is 5.32 Å². The largest absolute Gasteiger partial charge is 0.314 e. The standard InChI is InChI=1S/C17H22N2/c1-17(2,9-11-19-14-6-7-14)16-5-3-4-13-8-10-18-12-15(13)16/h3-5,8,10,12,14,19H,6-7,9,11H2,1-2H3. The molecule has 2 heteroatoms. The summed E-state index contributed by atoms with van der Waals surface area (Å²) in [5.41, 5.74) is 1.60. The SMILES string of the molecule is CC(C)(CCNC1CC1)c1cccc2ccncc12. The van der Waals surface area contributed by atoms with Gasteiger partial charge in [-0.05, 0) is 48.2 Å². The molecular formula is C17H22N2. The number of fused-ring (bicyclic) bond motifs is 1. The molecule has 1 saturated carbocycles. The van der Waals surface area contributed by atoms with E-state index in [0.29, 0.717) is 0 Å². The van der Waals surface area contributed by atoms with Gasteiger partial charge in [0, 0.05) is 23.8 Å². The highest BCUT2D eigenvalue weighted by molar-refractivity contribution is 5.85. The van der Waals surface area contributed by atoms with Gasteiger partial charge in [0.25, 0.3) is 0 Å². The van der Waals surface area contributed by atoms with Crippen LogP contribution in [-0.2, 0) is 5.41 Å². The number of hydrogen-bond donors (Lipinski definition) is 1. The highest BCUT2D eigenvalue weighted by atomic mass is 14.9. The number of pyridine rings is 1. The molecule has 2 aromatic rings. The second-order valence-electron chi connectivity index (χ2n) is 6.26. The van der Waals surface area contributed by atoms with Crippen molar-refractivity contribution in [2.45, 2.75) is 44.6 Å². The smallest absolute Gasteiger partial charge is 0.0349 e. The van der Waals surface area contributed by atoms with Crippen LogP contribution in [0.5, 0.6) is 0 Å². The van der Waals surface area contributed by atoms with Crippen molar-refractivity contribution in [3.8, 4) is 0 Å². The van der Waals surface area contributed by atoms with Crippen molar-refractivity contribution in [2.24, 2.45) is 0 Å². The molecule has 3 rings (SSSR count). The summed E-state index contributed by atoms with van der Waals surface area (Å²) in [6.45, 7) is 5.78. The molecule has 1 aromatic carbocycles. The summed E-state index contributed by atoms with van der Waals surface area (Å²) in [5, 5.41) is 6.20. The molecule has 1 N–H and O–H groups in total. The minimum Gasteiger partial charge on any atom is -0.314 e. The third-order valence-corrected chi connectivity index (χ3v) is 4.17. The highest BCUT2D eigenvalue weighted by Crippen LogP contribution is 2.32. The summed E-state index contributed by atoms with van der Waals surface area (Å²) in [6, 6.07) is 9.47. The Morgan fingerprint density at radius 2 is 2.11 bits per heavy atom. The lowest BCUT2D eigenvalue weighted by molar-refractivity contribution is 0.459. The van der Waals surface area contributed by atoms with Crippen molar-refractivity contribution in [1.82, 2.24) is 10.3 Å². The van der Waals surface area contributed by atoms with Gasteiger partial charge in [0.15, 0.2) is 0 Å². The fourth-order valence-electron chi connectivity index (χ4n) is 2.71. The normalized spacial score (nSPS) is 15.9. The van der Waals surface area contributed by atoms with Crippen molar-refractivity contribution >= 4 is 10.8 Å². The van der Waals surface area contributed by atoms with Gasteiger partial charge in [0.1, 0.15) is 0 Å². The van der Waals surface area contributed by atoms with Gasteiger partial charge in [-0.1, -0.05) is 32.0 Å². The molecule has 0 radical (unpaired) electrons. The van der Waals surface area contributed by atoms with Gasteiger partial charge in [-0.2, -0.15) is 0 Å². The van der Waals surface area contributed by atoms with Crippen LogP contribution in [-0.4, -0.2) is 17.6 Å². The average Bonchev–Trinajstić information content (AvgIpc) is 3.22. The molecule has 0 amide bonds. The van der Waals surface area contributed by atoms with Crippen LogP contribution in [0.15, 0.2) is 36.7 Å². The predicted octanol–water partition coefficient (Wildman–Crippen LogP) is 3.65. The van der Waals surface area contributed by atoms with Gasteiger partial charge in [-0.25, -0.2) is 0 Å². The van der Waals surface area contributed by atoms with Gasteiger partial charge in [0.05, 0.1) is 0 Å². The molecule has 0 atom stereocenters. The number of rotatable bonds is 5. The monoisotopic (exact) mass is 254 g/mol. The molecular weight excluding hydrogens is 232 g/mol. The summed E-state index contributed by atoms with van der Waals surface area (Å²) in [4.78, 5) is 4.29. The second kappa shape index (κ2) is 4.93. The van der Waals surface area contributed by atoms with E-state index in [0.717, 1.165) is 19.0 Å². The van der Waals surface area contributed by atoms with Crippen molar-refractivity contribution < 1.29 is 0 Å². The molecule has 2 nitrogen and oxygen atoms in total. The van der Waals surface area contributed by atoms with Crippen LogP contribution in [0.25, 0.3) is 10.8 Å². The number of benzene rings is 1. The topological polar surface area (TPSA) is 24.9 Å². The fraction of sp³-hybridized carbons (Fsp3) is 0.471. The summed E-state index contributed by atoms with van der Waals surface area (Å²) in [6.07, 6.45) is 7.75. The molecule has 0 spiro atoms. The van der Waals surface area contributed by atoms with E-state index in [1.807, 2.05) is 12.4 Å². The van der Waals surface area contributed by atoms with E-state index in [1.54, 1.807) is 0 Å². The maximum atomic E-state index is 4.29. The van der Waals surface area contributed by atoms with Crippen molar-refractivity contribution in [3.05, 3.63) is 42.2 Å². The molecule has 1 aliphatic carbocycles. The zero-order valence-corrected chi connectivity index (χ0v) is 11.8. The molecule has 100 valence electrons. The van der Waals surface area contributed by atoms with Gasteiger partial charge in [0.2, 0.25) is 0 Å². The van der Waals surface area contributed by atoms with Gasteiger partial charge in [-0.15, -0.1) is 0 Å². The van der Waals surface area contributed by atoms with E-state index in [1.165, 1.54) is 29.2 Å². The van der Waals surface area contributed by atoms with E-state index in [9.17, 15) is 0 Å².